The van der Waals surface area contributed by atoms with Gasteiger partial charge < -0.3 is 20.3 Å². The lowest BCUT2D eigenvalue weighted by atomic mass is 10.2. The first-order valence-corrected chi connectivity index (χ1v) is 8.68. The Hall–Kier alpha value is -1.79. The molecule has 1 aromatic rings. The molecular weight excluding hydrogens is 330 g/mol. The third-order valence-corrected chi connectivity index (χ3v) is 4.13. The predicted octanol–water partition coefficient (Wildman–Crippen LogP) is 2.88. The Morgan fingerprint density at radius 3 is 2.79 bits per heavy atom. The van der Waals surface area contributed by atoms with Crippen molar-refractivity contribution < 1.29 is 14.3 Å². The van der Waals surface area contributed by atoms with E-state index < -0.39 is 6.04 Å². The highest BCUT2D eigenvalue weighted by Crippen LogP contribution is 2.20. The predicted molar refractivity (Wildman–Crippen MR) is 94.3 cm³/mol. The number of nitrogens with zero attached hydrogens (tertiary/aromatic N) is 1. The van der Waals surface area contributed by atoms with Gasteiger partial charge in [-0.25, -0.2) is 4.79 Å². The van der Waals surface area contributed by atoms with Gasteiger partial charge in [0.2, 0.25) is 5.91 Å². The summed E-state index contributed by atoms with van der Waals surface area (Å²) in [4.78, 5) is 26.3. The third-order valence-electron chi connectivity index (χ3n) is 3.88. The number of hydrogen-bond donors (Lipinski definition) is 2. The summed E-state index contributed by atoms with van der Waals surface area (Å²) in [6, 6.07) is 6.22. The molecule has 2 rings (SSSR count). The average molecular weight is 354 g/mol. The molecular formula is C17H24ClN3O3. The minimum Gasteiger partial charge on any atom is -0.382 e. The standard InChI is InChI=1S/C17H24ClN3O3/c1-2-24-12-4-10-19-16(22)15-5-3-11-21(15)17(23)20-14-8-6-13(18)7-9-14/h6-9,15H,2-5,10-12H2,1H3,(H,19,22)(H,20,23). The molecule has 1 atom stereocenters. The molecule has 1 saturated heterocycles. The maximum absolute atomic E-state index is 12.4. The molecule has 1 aliphatic rings. The molecule has 1 fully saturated rings. The Kier molecular flexibility index (Phi) is 7.34. The number of carbonyl (C=O) groups excluding carboxylic acids is 2. The van der Waals surface area contributed by atoms with Gasteiger partial charge in [0.05, 0.1) is 0 Å². The zero-order valence-electron chi connectivity index (χ0n) is 13.9. The van der Waals surface area contributed by atoms with Gasteiger partial charge in [-0.3, -0.25) is 4.79 Å². The van der Waals surface area contributed by atoms with Crippen molar-refractivity contribution in [3.63, 3.8) is 0 Å². The van der Waals surface area contributed by atoms with Crippen molar-refractivity contribution in [1.29, 1.82) is 0 Å². The fourth-order valence-corrected chi connectivity index (χ4v) is 2.78. The van der Waals surface area contributed by atoms with E-state index >= 15 is 0 Å². The highest BCUT2D eigenvalue weighted by atomic mass is 35.5. The van der Waals surface area contributed by atoms with Crippen LogP contribution in [0.3, 0.4) is 0 Å². The van der Waals surface area contributed by atoms with Crippen LogP contribution in [0.2, 0.25) is 5.02 Å². The average Bonchev–Trinajstić information content (AvgIpc) is 3.06. The Balaban J connectivity index is 1.83. The van der Waals surface area contributed by atoms with Gasteiger partial charge in [0, 0.05) is 37.0 Å². The fourth-order valence-electron chi connectivity index (χ4n) is 2.66. The van der Waals surface area contributed by atoms with Crippen molar-refractivity contribution >= 4 is 29.2 Å². The summed E-state index contributed by atoms with van der Waals surface area (Å²) in [7, 11) is 0. The highest BCUT2D eigenvalue weighted by Gasteiger charge is 2.33. The molecule has 0 aliphatic carbocycles. The molecule has 7 heteroatoms. The van der Waals surface area contributed by atoms with Crippen LogP contribution in [0.1, 0.15) is 26.2 Å². The van der Waals surface area contributed by atoms with E-state index in [-0.39, 0.29) is 11.9 Å². The summed E-state index contributed by atoms with van der Waals surface area (Å²) in [5.41, 5.74) is 0.659. The number of urea groups is 1. The first-order valence-electron chi connectivity index (χ1n) is 8.30. The maximum atomic E-state index is 12.4. The van der Waals surface area contributed by atoms with E-state index in [4.69, 9.17) is 16.3 Å². The zero-order chi connectivity index (χ0) is 17.4. The van der Waals surface area contributed by atoms with Gasteiger partial charge in [0.25, 0.3) is 0 Å². The molecule has 24 heavy (non-hydrogen) atoms. The molecule has 1 unspecified atom stereocenters. The Bertz CT molecular complexity index is 551. The number of anilines is 1. The van der Waals surface area contributed by atoms with E-state index in [1.54, 1.807) is 29.2 Å². The van der Waals surface area contributed by atoms with Crippen LogP contribution in [-0.2, 0) is 9.53 Å². The van der Waals surface area contributed by atoms with Gasteiger partial charge in [-0.05, 0) is 50.5 Å². The Morgan fingerprint density at radius 1 is 1.33 bits per heavy atom. The summed E-state index contributed by atoms with van der Waals surface area (Å²) >= 11 is 5.84. The number of halogens is 1. The van der Waals surface area contributed by atoms with Gasteiger partial charge in [-0.1, -0.05) is 11.6 Å². The fraction of sp³-hybridized carbons (Fsp3) is 0.529. The lowest BCUT2D eigenvalue weighted by molar-refractivity contribution is -0.124. The van der Waals surface area contributed by atoms with E-state index in [1.165, 1.54) is 0 Å². The number of hydrogen-bond acceptors (Lipinski definition) is 3. The maximum Gasteiger partial charge on any atom is 0.322 e. The summed E-state index contributed by atoms with van der Waals surface area (Å²) in [5, 5.41) is 6.30. The smallest absolute Gasteiger partial charge is 0.322 e. The molecule has 0 aromatic heterocycles. The van der Waals surface area contributed by atoms with E-state index in [9.17, 15) is 9.59 Å². The van der Waals surface area contributed by atoms with Crippen molar-refractivity contribution in [3.8, 4) is 0 Å². The molecule has 0 bridgehead atoms. The van der Waals surface area contributed by atoms with Crippen LogP contribution in [0.4, 0.5) is 10.5 Å². The summed E-state index contributed by atoms with van der Waals surface area (Å²) in [6.45, 7) is 4.38. The second kappa shape index (κ2) is 9.49. The lowest BCUT2D eigenvalue weighted by Crippen LogP contribution is -2.47. The van der Waals surface area contributed by atoms with Crippen molar-refractivity contribution in [2.75, 3.05) is 31.6 Å². The number of rotatable bonds is 7. The first-order chi connectivity index (χ1) is 11.6. The molecule has 132 valence electrons. The molecule has 1 aromatic carbocycles. The summed E-state index contributed by atoms with van der Waals surface area (Å²) in [6.07, 6.45) is 2.28. The molecule has 0 radical (unpaired) electrons. The minimum atomic E-state index is -0.413. The van der Waals surface area contributed by atoms with E-state index in [2.05, 4.69) is 10.6 Å². The molecule has 1 heterocycles. The van der Waals surface area contributed by atoms with Crippen LogP contribution in [-0.4, -0.2) is 49.2 Å². The highest BCUT2D eigenvalue weighted by molar-refractivity contribution is 6.30. The molecule has 6 nitrogen and oxygen atoms in total. The third kappa shape index (κ3) is 5.39. The van der Waals surface area contributed by atoms with Crippen LogP contribution in [0.15, 0.2) is 24.3 Å². The number of amides is 3. The molecule has 1 aliphatic heterocycles. The number of benzene rings is 1. The zero-order valence-corrected chi connectivity index (χ0v) is 14.6. The topological polar surface area (TPSA) is 70.7 Å². The van der Waals surface area contributed by atoms with Gasteiger partial charge in [0.1, 0.15) is 6.04 Å². The normalized spacial score (nSPS) is 16.9. The van der Waals surface area contributed by atoms with Crippen LogP contribution >= 0.6 is 11.6 Å². The number of likely N-dealkylation sites (tertiary alicyclic amines) is 1. The second-order valence-corrected chi connectivity index (χ2v) is 6.07. The van der Waals surface area contributed by atoms with E-state index in [0.29, 0.717) is 43.4 Å². The van der Waals surface area contributed by atoms with Crippen molar-refractivity contribution in [3.05, 3.63) is 29.3 Å². The molecule has 0 spiro atoms. The SMILES string of the molecule is CCOCCCNC(=O)C1CCCN1C(=O)Nc1ccc(Cl)cc1. The van der Waals surface area contributed by atoms with Crippen LogP contribution in [0, 0.1) is 0 Å². The van der Waals surface area contributed by atoms with E-state index in [1.807, 2.05) is 6.92 Å². The van der Waals surface area contributed by atoms with Gasteiger partial charge in [0.15, 0.2) is 0 Å². The number of nitrogens with one attached hydrogen (secondary N) is 2. The van der Waals surface area contributed by atoms with E-state index in [0.717, 1.165) is 12.8 Å². The lowest BCUT2D eigenvalue weighted by Gasteiger charge is -2.24. The Morgan fingerprint density at radius 2 is 2.08 bits per heavy atom. The van der Waals surface area contributed by atoms with Crippen molar-refractivity contribution in [2.24, 2.45) is 0 Å². The summed E-state index contributed by atoms with van der Waals surface area (Å²) < 4.78 is 5.24. The second-order valence-electron chi connectivity index (χ2n) is 5.63. The molecule has 2 N–H and O–H groups in total. The Labute approximate surface area is 147 Å². The summed E-state index contributed by atoms with van der Waals surface area (Å²) in [5.74, 6) is -0.102. The molecule has 3 amide bonds. The quantitative estimate of drug-likeness (QED) is 0.740. The van der Waals surface area contributed by atoms with Crippen LogP contribution in [0.25, 0.3) is 0 Å². The van der Waals surface area contributed by atoms with Crippen molar-refractivity contribution in [1.82, 2.24) is 10.2 Å². The number of ether oxygens (including phenoxy) is 1. The van der Waals surface area contributed by atoms with Crippen molar-refractivity contribution in [2.45, 2.75) is 32.2 Å². The minimum absolute atomic E-state index is 0.102. The van der Waals surface area contributed by atoms with Crippen LogP contribution < -0.4 is 10.6 Å². The largest absolute Gasteiger partial charge is 0.382 e. The van der Waals surface area contributed by atoms with Gasteiger partial charge in [-0.15, -0.1) is 0 Å². The van der Waals surface area contributed by atoms with Gasteiger partial charge in [-0.2, -0.15) is 0 Å². The molecule has 0 saturated carbocycles. The van der Waals surface area contributed by atoms with Crippen LogP contribution in [0.5, 0.6) is 0 Å². The van der Waals surface area contributed by atoms with Gasteiger partial charge >= 0.3 is 6.03 Å². The monoisotopic (exact) mass is 353 g/mol. The number of carbonyl (C=O) groups is 2. The first kappa shape index (κ1) is 18.5.